The van der Waals surface area contributed by atoms with Crippen LogP contribution in [0, 0.1) is 0 Å². The van der Waals surface area contributed by atoms with Crippen LogP contribution in [0.5, 0.6) is 5.75 Å². The highest BCUT2D eigenvalue weighted by Gasteiger charge is 2.41. The second-order valence-electron chi connectivity index (χ2n) is 6.37. The lowest BCUT2D eigenvalue weighted by atomic mass is 9.89. The van der Waals surface area contributed by atoms with Gasteiger partial charge in [0.15, 0.2) is 0 Å². The van der Waals surface area contributed by atoms with Crippen LogP contribution in [-0.4, -0.2) is 35.1 Å². The molecule has 1 saturated heterocycles. The zero-order valence-electron chi connectivity index (χ0n) is 12.6. The van der Waals surface area contributed by atoms with Crippen LogP contribution in [0.2, 0.25) is 0 Å². The molecule has 0 radical (unpaired) electrons. The van der Waals surface area contributed by atoms with E-state index in [9.17, 15) is 0 Å². The Morgan fingerprint density at radius 3 is 2.96 bits per heavy atom. The van der Waals surface area contributed by atoms with Crippen LogP contribution < -0.4 is 4.74 Å². The zero-order chi connectivity index (χ0) is 14.7. The average Bonchev–Trinajstić information content (AvgIpc) is 3.26. The number of fused-ring (bicyclic) bond motifs is 6. The lowest BCUT2D eigenvalue weighted by molar-refractivity contribution is 0.258. The second-order valence-corrected chi connectivity index (χ2v) is 6.37. The topological polar surface area (TPSA) is 44.0 Å². The number of ether oxygens (including phenoxy) is 1. The van der Waals surface area contributed by atoms with E-state index in [1.54, 1.807) is 7.11 Å². The van der Waals surface area contributed by atoms with E-state index in [1.165, 1.54) is 40.8 Å². The van der Waals surface area contributed by atoms with Gasteiger partial charge in [-0.3, -0.25) is 4.90 Å². The van der Waals surface area contributed by atoms with Gasteiger partial charge >= 0.3 is 0 Å². The summed E-state index contributed by atoms with van der Waals surface area (Å²) in [6.45, 7) is 2.32. The van der Waals surface area contributed by atoms with Crippen LogP contribution in [0.15, 0.2) is 36.5 Å². The predicted octanol–water partition coefficient (Wildman–Crippen LogP) is 4.03. The SMILES string of the molecule is C.COc1ccc2[nH]c3c(c2c1)C1CCN(C1)C3c1ccc[nH]1. The standard InChI is InChI=1S/C18H19N3O.CH4/c1-22-12-4-5-14-13(9-12)16-11-6-8-21(10-11)18(17(16)20-14)15-3-2-7-19-15;/h2-5,7,9,11,18-20H,6,8,10H2,1H3;1H4. The first-order valence-electron chi connectivity index (χ1n) is 7.92. The summed E-state index contributed by atoms with van der Waals surface area (Å²) in [6, 6.07) is 11.0. The fraction of sp³-hybridized carbons (Fsp3) is 0.368. The summed E-state index contributed by atoms with van der Waals surface area (Å²) < 4.78 is 5.43. The molecule has 4 heterocycles. The first kappa shape index (κ1) is 14.4. The first-order chi connectivity index (χ1) is 10.8. The van der Waals surface area contributed by atoms with E-state index in [0.29, 0.717) is 12.0 Å². The number of nitrogens with one attached hydrogen (secondary N) is 2. The van der Waals surface area contributed by atoms with Gasteiger partial charge in [0.1, 0.15) is 5.75 Å². The van der Waals surface area contributed by atoms with Gasteiger partial charge in [-0.2, -0.15) is 0 Å². The summed E-state index contributed by atoms with van der Waals surface area (Å²) >= 11 is 0. The smallest absolute Gasteiger partial charge is 0.119 e. The third kappa shape index (κ3) is 1.94. The summed E-state index contributed by atoms with van der Waals surface area (Å²) in [5.74, 6) is 1.58. The van der Waals surface area contributed by atoms with E-state index in [1.807, 2.05) is 12.3 Å². The third-order valence-corrected chi connectivity index (χ3v) is 5.26. The van der Waals surface area contributed by atoms with Crippen LogP contribution >= 0.6 is 0 Å². The summed E-state index contributed by atoms with van der Waals surface area (Å²) in [5.41, 5.74) is 5.36. The molecule has 1 fully saturated rings. The largest absolute Gasteiger partial charge is 0.497 e. The Kier molecular flexibility index (Phi) is 3.23. The van der Waals surface area contributed by atoms with E-state index in [0.717, 1.165) is 12.3 Å². The third-order valence-electron chi connectivity index (χ3n) is 5.26. The predicted molar refractivity (Wildman–Crippen MR) is 93.1 cm³/mol. The number of rotatable bonds is 2. The molecular weight excluding hydrogens is 286 g/mol. The summed E-state index contributed by atoms with van der Waals surface area (Å²) in [6.07, 6.45) is 3.26. The van der Waals surface area contributed by atoms with Gasteiger partial charge in [-0.1, -0.05) is 7.43 Å². The molecule has 4 nitrogen and oxygen atoms in total. The van der Waals surface area contributed by atoms with Crippen molar-refractivity contribution in [3.8, 4) is 5.75 Å². The maximum atomic E-state index is 5.43. The Balaban J connectivity index is 0.00000135. The lowest BCUT2D eigenvalue weighted by Crippen LogP contribution is -2.31. The highest BCUT2D eigenvalue weighted by atomic mass is 16.5. The quantitative estimate of drug-likeness (QED) is 0.750. The van der Waals surface area contributed by atoms with E-state index in [4.69, 9.17) is 4.74 Å². The van der Waals surface area contributed by atoms with Crippen LogP contribution in [0.4, 0.5) is 0 Å². The number of nitrogens with zero attached hydrogens (tertiary/aromatic N) is 1. The van der Waals surface area contributed by atoms with Crippen molar-refractivity contribution in [3.63, 3.8) is 0 Å². The van der Waals surface area contributed by atoms with Gasteiger partial charge in [0.2, 0.25) is 0 Å². The molecule has 2 aliphatic heterocycles. The molecule has 1 aromatic carbocycles. The highest BCUT2D eigenvalue weighted by molar-refractivity contribution is 5.87. The monoisotopic (exact) mass is 309 g/mol. The first-order valence-corrected chi connectivity index (χ1v) is 7.92. The molecule has 3 unspecified atom stereocenters. The van der Waals surface area contributed by atoms with Crippen LogP contribution in [0.25, 0.3) is 10.9 Å². The van der Waals surface area contributed by atoms with Crippen molar-refractivity contribution in [3.05, 3.63) is 53.5 Å². The summed E-state index contributed by atoms with van der Waals surface area (Å²) in [4.78, 5) is 9.69. The Hall–Kier alpha value is -2.20. The van der Waals surface area contributed by atoms with Crippen LogP contribution in [0.3, 0.4) is 0 Å². The van der Waals surface area contributed by atoms with Gasteiger partial charge in [0, 0.05) is 41.0 Å². The van der Waals surface area contributed by atoms with Crippen molar-refractivity contribution >= 4 is 10.9 Å². The fourth-order valence-electron chi connectivity index (χ4n) is 4.30. The minimum Gasteiger partial charge on any atom is -0.497 e. The summed E-state index contributed by atoms with van der Waals surface area (Å²) in [7, 11) is 1.74. The van der Waals surface area contributed by atoms with Crippen molar-refractivity contribution in [2.45, 2.75) is 25.8 Å². The van der Waals surface area contributed by atoms with Gasteiger partial charge in [0.05, 0.1) is 13.2 Å². The number of benzene rings is 1. The zero-order valence-corrected chi connectivity index (χ0v) is 12.6. The van der Waals surface area contributed by atoms with Gasteiger partial charge in [-0.25, -0.2) is 0 Å². The van der Waals surface area contributed by atoms with Crippen molar-refractivity contribution in [2.24, 2.45) is 0 Å². The average molecular weight is 309 g/mol. The van der Waals surface area contributed by atoms with E-state index >= 15 is 0 Å². The Morgan fingerprint density at radius 2 is 2.17 bits per heavy atom. The molecular formula is C19H23N3O. The van der Waals surface area contributed by atoms with Crippen LogP contribution in [0.1, 0.15) is 42.8 Å². The Bertz CT molecular complexity index is 834. The normalized spacial score (nSPS) is 25.2. The molecule has 2 aliphatic rings. The molecule has 3 aromatic rings. The molecule has 0 aliphatic carbocycles. The number of methoxy groups -OCH3 is 1. The number of H-pyrrole nitrogens is 2. The van der Waals surface area contributed by atoms with E-state index < -0.39 is 0 Å². The van der Waals surface area contributed by atoms with Gasteiger partial charge < -0.3 is 14.7 Å². The molecule has 4 heteroatoms. The maximum absolute atomic E-state index is 5.43. The molecule has 2 bridgehead atoms. The minimum absolute atomic E-state index is 0. The second kappa shape index (κ2) is 5.17. The van der Waals surface area contributed by atoms with Gasteiger partial charge in [-0.05, 0) is 48.9 Å². The van der Waals surface area contributed by atoms with Crippen molar-refractivity contribution in [1.82, 2.24) is 14.9 Å². The number of aromatic amines is 2. The van der Waals surface area contributed by atoms with Crippen molar-refractivity contribution in [1.29, 1.82) is 0 Å². The molecule has 120 valence electrons. The van der Waals surface area contributed by atoms with Crippen LogP contribution in [-0.2, 0) is 0 Å². The number of hydrogen-bond acceptors (Lipinski definition) is 2. The molecule has 0 amide bonds. The Labute approximate surface area is 136 Å². The number of aromatic nitrogens is 2. The Morgan fingerprint density at radius 1 is 1.26 bits per heavy atom. The van der Waals surface area contributed by atoms with Crippen molar-refractivity contribution < 1.29 is 4.74 Å². The lowest BCUT2D eigenvalue weighted by Gasteiger charge is -2.32. The van der Waals surface area contributed by atoms with Gasteiger partial charge in [-0.15, -0.1) is 0 Å². The molecule has 0 spiro atoms. The maximum Gasteiger partial charge on any atom is 0.119 e. The van der Waals surface area contributed by atoms with Crippen molar-refractivity contribution in [2.75, 3.05) is 20.2 Å². The molecule has 2 N–H and O–H groups in total. The summed E-state index contributed by atoms with van der Waals surface area (Å²) in [5, 5.41) is 1.33. The van der Waals surface area contributed by atoms with E-state index in [2.05, 4.69) is 39.1 Å². The molecule has 2 aromatic heterocycles. The molecule has 0 saturated carbocycles. The highest BCUT2D eigenvalue weighted by Crippen LogP contribution is 2.47. The fourth-order valence-corrected chi connectivity index (χ4v) is 4.30. The number of hydrogen-bond donors (Lipinski definition) is 2. The molecule has 3 atom stereocenters. The van der Waals surface area contributed by atoms with Gasteiger partial charge in [0.25, 0.3) is 0 Å². The minimum atomic E-state index is 0. The molecule has 5 rings (SSSR count). The van der Waals surface area contributed by atoms with E-state index in [-0.39, 0.29) is 7.43 Å². The molecule has 23 heavy (non-hydrogen) atoms.